The monoisotopic (exact) mass is 560 g/mol. The van der Waals surface area contributed by atoms with E-state index in [4.69, 9.17) is 26.2 Å². The summed E-state index contributed by atoms with van der Waals surface area (Å²) in [4.78, 5) is 0. The molecule has 202 valence electrons. The van der Waals surface area contributed by atoms with Crippen molar-refractivity contribution in [3.05, 3.63) is 0 Å². The maximum atomic E-state index is 11.5. The molecular formula is C14H23CuF12NO4+. The number of hydrogen-bond acceptors (Lipinski definition) is 5. The first-order valence-corrected chi connectivity index (χ1v) is 7.88. The molecule has 18 heteroatoms. The van der Waals surface area contributed by atoms with Gasteiger partial charge in [0.1, 0.15) is 0 Å². The van der Waals surface area contributed by atoms with Crippen molar-refractivity contribution in [1.29, 1.82) is 0 Å². The molecule has 0 radical (unpaired) electrons. The Bertz CT molecular complexity index is 409. The third-order valence-corrected chi connectivity index (χ3v) is 2.40. The minimum Gasteiger partial charge on any atom is -0.384 e. The number of alkyl halides is 12. The molecule has 0 aliphatic rings. The fraction of sp³-hybridized carbons (Fsp3) is 1.00. The van der Waals surface area contributed by atoms with Crippen molar-refractivity contribution in [3.63, 3.8) is 0 Å². The van der Waals surface area contributed by atoms with Crippen LogP contribution in [0.5, 0.6) is 0 Å². The molecule has 0 aliphatic carbocycles. The van der Waals surface area contributed by atoms with Gasteiger partial charge >= 0.3 is 41.8 Å². The smallest absolute Gasteiger partial charge is 0.384 e. The molecule has 0 aliphatic heterocycles. The third kappa shape index (κ3) is 24.1. The molecule has 0 amide bonds. The van der Waals surface area contributed by atoms with Crippen LogP contribution in [-0.2, 0) is 17.1 Å². The van der Waals surface area contributed by atoms with E-state index in [2.05, 4.69) is 0 Å². The van der Waals surface area contributed by atoms with E-state index >= 15 is 0 Å². The molecule has 0 aromatic carbocycles. The molecule has 0 aromatic rings. The summed E-state index contributed by atoms with van der Waals surface area (Å²) < 4.78 is 138. The van der Waals surface area contributed by atoms with Gasteiger partial charge in [-0.3, -0.25) is 0 Å². The van der Waals surface area contributed by atoms with Crippen LogP contribution in [0, 0.1) is 0 Å². The van der Waals surface area contributed by atoms with E-state index in [0.29, 0.717) is 0 Å². The largest absolute Gasteiger partial charge is 1.00 e. The van der Waals surface area contributed by atoms with Gasteiger partial charge in [-0.05, 0) is 20.8 Å². The standard InChI is InChI=1S/2C5H6F6O2.C4H11N.Cu/c2*6-4(7,8)2(12)1-3(13)5(9,10)11;1-4(2,3)5;/h2*2-3,12-13H,1H2;5H2,1-3H3;/q;;;+1. The van der Waals surface area contributed by atoms with Gasteiger partial charge in [0.25, 0.3) is 0 Å². The van der Waals surface area contributed by atoms with Crippen molar-refractivity contribution in [1.82, 2.24) is 0 Å². The van der Waals surface area contributed by atoms with E-state index in [1.54, 1.807) is 0 Å². The first-order chi connectivity index (χ1) is 13.1. The zero-order valence-electron chi connectivity index (χ0n) is 16.4. The van der Waals surface area contributed by atoms with Crippen LogP contribution >= 0.6 is 0 Å². The summed E-state index contributed by atoms with van der Waals surface area (Å²) in [5, 5.41) is 32.5. The maximum Gasteiger partial charge on any atom is 1.00 e. The zero-order chi connectivity index (χ0) is 26.2. The predicted octanol–water partition coefficient (Wildman–Crippen LogP) is 3.19. The van der Waals surface area contributed by atoms with E-state index in [1.807, 2.05) is 20.8 Å². The second-order valence-electron chi connectivity index (χ2n) is 7.07. The van der Waals surface area contributed by atoms with Crippen LogP contribution < -0.4 is 5.73 Å². The molecule has 0 bridgehead atoms. The number of aliphatic hydroxyl groups is 4. The van der Waals surface area contributed by atoms with Gasteiger partial charge in [-0.15, -0.1) is 0 Å². The molecule has 0 heterocycles. The Morgan fingerprint density at radius 1 is 0.500 bits per heavy atom. The first-order valence-electron chi connectivity index (χ1n) is 7.88. The molecule has 32 heavy (non-hydrogen) atoms. The van der Waals surface area contributed by atoms with Crippen molar-refractivity contribution >= 4 is 0 Å². The summed E-state index contributed by atoms with van der Waals surface area (Å²) in [5.41, 5.74) is 5.35. The summed E-state index contributed by atoms with van der Waals surface area (Å²) >= 11 is 0. The van der Waals surface area contributed by atoms with Gasteiger partial charge in [0.15, 0.2) is 24.4 Å². The average molecular weight is 561 g/mol. The summed E-state index contributed by atoms with van der Waals surface area (Å²) in [6, 6.07) is 0. The number of hydrogen-bond donors (Lipinski definition) is 5. The number of aliphatic hydroxyl groups excluding tert-OH is 4. The molecule has 0 fully saturated rings. The van der Waals surface area contributed by atoms with Crippen LogP contribution in [0.25, 0.3) is 0 Å². The fourth-order valence-corrected chi connectivity index (χ4v) is 0.957. The van der Waals surface area contributed by atoms with E-state index in [-0.39, 0.29) is 22.6 Å². The molecule has 0 saturated carbocycles. The molecule has 0 spiro atoms. The minimum absolute atomic E-state index is 0. The Hall–Kier alpha value is -0.521. The van der Waals surface area contributed by atoms with E-state index in [0.717, 1.165) is 0 Å². The van der Waals surface area contributed by atoms with E-state index in [1.165, 1.54) is 0 Å². The third-order valence-electron chi connectivity index (χ3n) is 2.40. The molecule has 0 saturated heterocycles. The molecule has 0 aromatic heterocycles. The van der Waals surface area contributed by atoms with E-state index in [9.17, 15) is 52.7 Å². The molecule has 5 nitrogen and oxygen atoms in total. The molecular weight excluding hydrogens is 538 g/mol. The molecule has 4 unspecified atom stereocenters. The second-order valence-corrected chi connectivity index (χ2v) is 7.07. The summed E-state index contributed by atoms with van der Waals surface area (Å²) in [5.74, 6) is 0. The Kier molecular flexibility index (Phi) is 17.0. The Balaban J connectivity index is -0.000000198. The van der Waals surface area contributed by atoms with Gasteiger partial charge in [-0.1, -0.05) is 0 Å². The Morgan fingerprint density at radius 2 is 0.594 bits per heavy atom. The van der Waals surface area contributed by atoms with Crippen LogP contribution in [0.2, 0.25) is 0 Å². The Labute approximate surface area is 185 Å². The van der Waals surface area contributed by atoms with Crippen LogP contribution in [0.3, 0.4) is 0 Å². The van der Waals surface area contributed by atoms with Crippen molar-refractivity contribution in [2.75, 3.05) is 0 Å². The molecule has 4 atom stereocenters. The predicted molar refractivity (Wildman–Crippen MR) is 81.4 cm³/mol. The topological polar surface area (TPSA) is 107 Å². The SMILES string of the molecule is CC(C)(C)N.OC(CC(O)C(F)(F)F)C(F)(F)F.OC(CC(O)C(F)(F)F)C(F)(F)F.[Cu+]. The van der Waals surface area contributed by atoms with Crippen LogP contribution in [0.1, 0.15) is 33.6 Å². The normalized spacial score (nSPS) is 16.9. The van der Waals surface area contributed by atoms with Crippen molar-refractivity contribution in [2.45, 2.75) is 88.3 Å². The van der Waals surface area contributed by atoms with E-state index < -0.39 is 62.0 Å². The Morgan fingerprint density at radius 3 is 0.656 bits per heavy atom. The zero-order valence-corrected chi connectivity index (χ0v) is 17.4. The summed E-state index contributed by atoms with van der Waals surface area (Å²) in [6.07, 6.45) is -36.8. The average Bonchev–Trinajstić information content (AvgIpc) is 2.41. The maximum absolute atomic E-state index is 11.5. The molecule has 0 rings (SSSR count). The van der Waals surface area contributed by atoms with Crippen molar-refractivity contribution in [2.24, 2.45) is 5.73 Å². The fourth-order valence-electron chi connectivity index (χ4n) is 0.957. The van der Waals surface area contributed by atoms with Crippen LogP contribution in [0.15, 0.2) is 0 Å². The first kappa shape index (κ1) is 38.7. The van der Waals surface area contributed by atoms with Crippen LogP contribution in [-0.4, -0.2) is 75.1 Å². The number of halogens is 12. The van der Waals surface area contributed by atoms with Gasteiger partial charge in [-0.25, -0.2) is 0 Å². The minimum atomic E-state index is -5.15. The molecule has 6 N–H and O–H groups in total. The summed E-state index contributed by atoms with van der Waals surface area (Å²) in [6.45, 7) is 5.90. The second kappa shape index (κ2) is 14.0. The quantitative estimate of drug-likeness (QED) is 0.268. The van der Waals surface area contributed by atoms with Gasteiger partial charge in [-0.2, -0.15) is 52.7 Å². The van der Waals surface area contributed by atoms with Gasteiger partial charge in [0.2, 0.25) is 0 Å². The van der Waals surface area contributed by atoms with Gasteiger partial charge in [0.05, 0.1) is 0 Å². The summed E-state index contributed by atoms with van der Waals surface area (Å²) in [7, 11) is 0. The van der Waals surface area contributed by atoms with Gasteiger partial charge < -0.3 is 26.2 Å². The number of nitrogens with two attached hydrogens (primary N) is 1. The van der Waals surface area contributed by atoms with Crippen molar-refractivity contribution < 1.29 is 90.2 Å². The van der Waals surface area contributed by atoms with Crippen LogP contribution in [0.4, 0.5) is 52.7 Å². The number of rotatable bonds is 4. The van der Waals surface area contributed by atoms with Crippen molar-refractivity contribution in [3.8, 4) is 0 Å². The van der Waals surface area contributed by atoms with Gasteiger partial charge in [0, 0.05) is 18.4 Å².